The van der Waals surface area contributed by atoms with Crippen molar-refractivity contribution in [3.05, 3.63) is 102 Å². The van der Waals surface area contributed by atoms with Crippen LogP contribution in [0.25, 0.3) is 0 Å². The fourth-order valence-corrected chi connectivity index (χ4v) is 3.17. The van der Waals surface area contributed by atoms with Crippen LogP contribution >= 0.6 is 0 Å². The summed E-state index contributed by atoms with van der Waals surface area (Å²) in [5.41, 5.74) is 1.60. The molecule has 3 aromatic rings. The van der Waals surface area contributed by atoms with Crippen LogP contribution in [-0.4, -0.2) is 17.4 Å². The third kappa shape index (κ3) is 6.07. The number of amides is 2. The topological polar surface area (TPSA) is 49.4 Å². The molecule has 1 unspecified atom stereocenters. The zero-order chi connectivity index (χ0) is 22.3. The number of nitrogens with zero attached hydrogens (tertiary/aromatic N) is 1. The van der Waals surface area contributed by atoms with Crippen LogP contribution in [0.15, 0.2) is 91.0 Å². The molecule has 3 rings (SSSR count). The number of carbonyl (C=O) groups is 2. The van der Waals surface area contributed by atoms with Crippen molar-refractivity contribution < 1.29 is 9.59 Å². The van der Waals surface area contributed by atoms with Crippen molar-refractivity contribution in [1.29, 1.82) is 0 Å². The van der Waals surface area contributed by atoms with Crippen molar-refractivity contribution in [1.82, 2.24) is 5.32 Å². The minimum atomic E-state index is -0.861. The average molecular weight is 411 g/mol. The lowest BCUT2D eigenvalue weighted by Crippen LogP contribution is -2.49. The largest absolute Gasteiger partial charge is 0.349 e. The Balaban J connectivity index is 2.09. The predicted molar refractivity (Wildman–Crippen MR) is 124 cm³/mol. The monoisotopic (exact) mass is 410 g/mol. The van der Waals surface area contributed by atoms with Gasteiger partial charge in [0, 0.05) is 22.7 Å². The van der Waals surface area contributed by atoms with E-state index in [0.717, 1.165) is 5.56 Å². The molecule has 0 bridgehead atoms. The summed E-state index contributed by atoms with van der Waals surface area (Å²) >= 11 is 0. The van der Waals surface area contributed by atoms with Gasteiger partial charge in [-0.3, -0.25) is 14.5 Å². The van der Waals surface area contributed by atoms with Crippen LogP contribution in [0.2, 0.25) is 0 Å². The smallest absolute Gasteiger partial charge is 0.304 e. The predicted octanol–water partition coefficient (Wildman–Crippen LogP) is 4.73. The van der Waals surface area contributed by atoms with Gasteiger partial charge in [-0.25, -0.2) is 0 Å². The first kappa shape index (κ1) is 21.9. The van der Waals surface area contributed by atoms with Gasteiger partial charge in [0.25, 0.3) is 0 Å². The molecule has 0 spiro atoms. The molecular formula is C27H26N2O2. The van der Waals surface area contributed by atoms with Crippen LogP contribution in [0, 0.1) is 11.8 Å². The summed E-state index contributed by atoms with van der Waals surface area (Å²) in [6, 6.07) is 26.9. The summed E-state index contributed by atoms with van der Waals surface area (Å²) in [4.78, 5) is 28.2. The van der Waals surface area contributed by atoms with Gasteiger partial charge in [0.05, 0.1) is 0 Å². The highest BCUT2D eigenvalue weighted by Crippen LogP contribution is 2.28. The molecule has 0 aliphatic carbocycles. The van der Waals surface area contributed by atoms with E-state index in [1.54, 1.807) is 0 Å². The molecule has 31 heavy (non-hydrogen) atoms. The molecule has 156 valence electrons. The highest BCUT2D eigenvalue weighted by atomic mass is 16.2. The van der Waals surface area contributed by atoms with E-state index in [2.05, 4.69) is 17.2 Å². The first-order valence-corrected chi connectivity index (χ1v) is 10.2. The number of carbonyl (C=O) groups excluding carboxylic acids is 2. The minimum Gasteiger partial charge on any atom is -0.349 e. The Morgan fingerprint density at radius 1 is 0.806 bits per heavy atom. The van der Waals surface area contributed by atoms with Gasteiger partial charge in [0.1, 0.15) is 6.04 Å². The highest BCUT2D eigenvalue weighted by Gasteiger charge is 2.33. The lowest BCUT2D eigenvalue weighted by molar-refractivity contribution is -0.126. The molecule has 0 aromatic heterocycles. The number of nitrogens with one attached hydrogen (secondary N) is 1. The van der Waals surface area contributed by atoms with Crippen molar-refractivity contribution in [2.45, 2.75) is 32.4 Å². The number of para-hydroxylation sites is 1. The molecule has 1 N–H and O–H groups in total. The van der Waals surface area contributed by atoms with E-state index >= 15 is 0 Å². The van der Waals surface area contributed by atoms with Crippen molar-refractivity contribution in [2.75, 3.05) is 4.90 Å². The first-order valence-electron chi connectivity index (χ1n) is 10.2. The van der Waals surface area contributed by atoms with Crippen molar-refractivity contribution >= 4 is 17.5 Å². The molecule has 0 saturated carbocycles. The Hall–Kier alpha value is -3.84. The second-order valence-electron chi connectivity index (χ2n) is 8.18. The fourth-order valence-electron chi connectivity index (χ4n) is 3.17. The number of hydrogen-bond donors (Lipinski definition) is 1. The van der Waals surface area contributed by atoms with E-state index in [4.69, 9.17) is 0 Å². The van der Waals surface area contributed by atoms with E-state index in [9.17, 15) is 9.59 Å². The Kier molecular flexibility index (Phi) is 6.89. The zero-order valence-corrected chi connectivity index (χ0v) is 18.0. The Bertz CT molecular complexity index is 1080. The summed E-state index contributed by atoms with van der Waals surface area (Å²) in [5.74, 6) is 4.92. The standard InChI is InChI=1S/C27H26N2O2/c1-27(2,3)28-26(31)25(22-15-9-5-10-16-22)29(23-17-11-6-12-18-23)24(30)20-19-21-13-7-4-8-14-21/h4-18,25H,1-3H3,(H,28,31). The molecule has 0 heterocycles. The zero-order valence-electron chi connectivity index (χ0n) is 18.0. The summed E-state index contributed by atoms with van der Waals surface area (Å²) in [6.45, 7) is 5.74. The molecular weight excluding hydrogens is 384 g/mol. The van der Waals surface area contributed by atoms with Gasteiger partial charge in [-0.15, -0.1) is 0 Å². The van der Waals surface area contributed by atoms with Crippen LogP contribution in [-0.2, 0) is 9.59 Å². The third-order valence-electron chi connectivity index (χ3n) is 4.46. The second-order valence-corrected chi connectivity index (χ2v) is 8.18. The average Bonchev–Trinajstić information content (AvgIpc) is 2.76. The molecule has 4 heteroatoms. The Morgan fingerprint density at radius 3 is 1.87 bits per heavy atom. The van der Waals surface area contributed by atoms with Gasteiger partial charge >= 0.3 is 5.91 Å². The molecule has 0 saturated heterocycles. The van der Waals surface area contributed by atoms with Crippen LogP contribution in [0.5, 0.6) is 0 Å². The second kappa shape index (κ2) is 9.77. The van der Waals surface area contributed by atoms with E-state index in [1.807, 2.05) is 112 Å². The number of hydrogen-bond acceptors (Lipinski definition) is 2. The van der Waals surface area contributed by atoms with Gasteiger partial charge in [-0.05, 0) is 50.6 Å². The molecule has 1 atom stereocenters. The summed E-state index contributed by atoms with van der Waals surface area (Å²) in [5, 5.41) is 3.02. The SMILES string of the molecule is CC(C)(C)NC(=O)C(c1ccccc1)N(C(=O)C#Cc1ccccc1)c1ccccc1. The van der Waals surface area contributed by atoms with Crippen LogP contribution in [0.1, 0.15) is 37.9 Å². The third-order valence-corrected chi connectivity index (χ3v) is 4.46. The van der Waals surface area contributed by atoms with E-state index in [0.29, 0.717) is 11.3 Å². The number of anilines is 1. The molecule has 3 aromatic carbocycles. The normalized spacial score (nSPS) is 11.6. The summed E-state index contributed by atoms with van der Waals surface area (Å²) in [6.07, 6.45) is 0. The molecule has 0 radical (unpaired) electrons. The lowest BCUT2D eigenvalue weighted by atomic mass is 10.0. The van der Waals surface area contributed by atoms with Crippen molar-refractivity contribution in [3.8, 4) is 11.8 Å². The quantitative estimate of drug-likeness (QED) is 0.633. The molecule has 0 fully saturated rings. The van der Waals surface area contributed by atoms with Gasteiger partial charge in [-0.2, -0.15) is 0 Å². The maximum Gasteiger partial charge on any atom is 0.304 e. The van der Waals surface area contributed by atoms with E-state index < -0.39 is 17.5 Å². The van der Waals surface area contributed by atoms with Crippen LogP contribution in [0.4, 0.5) is 5.69 Å². The molecule has 4 nitrogen and oxygen atoms in total. The van der Waals surface area contributed by atoms with E-state index in [-0.39, 0.29) is 5.91 Å². The molecule has 2 amide bonds. The minimum absolute atomic E-state index is 0.266. The molecule has 0 aliphatic rings. The maximum atomic E-state index is 13.4. The van der Waals surface area contributed by atoms with Crippen molar-refractivity contribution in [3.63, 3.8) is 0 Å². The van der Waals surface area contributed by atoms with Gasteiger partial charge < -0.3 is 5.32 Å². The molecule has 0 aliphatic heterocycles. The van der Waals surface area contributed by atoms with Gasteiger partial charge in [0.15, 0.2) is 0 Å². The number of benzene rings is 3. The number of rotatable bonds is 4. The lowest BCUT2D eigenvalue weighted by Gasteiger charge is -2.32. The maximum absolute atomic E-state index is 13.4. The van der Waals surface area contributed by atoms with E-state index in [1.165, 1.54) is 4.90 Å². The Labute approximate surface area is 183 Å². The van der Waals surface area contributed by atoms with Crippen LogP contribution in [0.3, 0.4) is 0 Å². The fraction of sp³-hybridized carbons (Fsp3) is 0.185. The van der Waals surface area contributed by atoms with Crippen molar-refractivity contribution in [2.24, 2.45) is 0 Å². The Morgan fingerprint density at radius 2 is 1.32 bits per heavy atom. The van der Waals surface area contributed by atoms with Gasteiger partial charge in [0.2, 0.25) is 5.91 Å². The first-order chi connectivity index (χ1) is 14.8. The summed E-state index contributed by atoms with van der Waals surface area (Å²) in [7, 11) is 0. The van der Waals surface area contributed by atoms with Gasteiger partial charge in [-0.1, -0.05) is 72.7 Å². The summed E-state index contributed by atoms with van der Waals surface area (Å²) < 4.78 is 0. The van der Waals surface area contributed by atoms with Crippen LogP contribution < -0.4 is 10.2 Å². The highest BCUT2D eigenvalue weighted by molar-refractivity contribution is 6.10.